The van der Waals surface area contributed by atoms with Crippen LogP contribution in [0.15, 0.2) is 11.6 Å². The van der Waals surface area contributed by atoms with E-state index in [9.17, 15) is 0 Å². The van der Waals surface area contributed by atoms with Gasteiger partial charge in [0.25, 0.3) is 0 Å². The van der Waals surface area contributed by atoms with Crippen molar-refractivity contribution in [3.05, 3.63) is 11.6 Å². The van der Waals surface area contributed by atoms with Crippen molar-refractivity contribution < 1.29 is 9.47 Å². The zero-order valence-electron chi connectivity index (χ0n) is 13.5. The average Bonchev–Trinajstić information content (AvgIpc) is 2.38. The molecule has 2 nitrogen and oxygen atoms in total. The Balaban J connectivity index is 2.27. The summed E-state index contributed by atoms with van der Waals surface area (Å²) in [5, 5.41) is 0. The van der Waals surface area contributed by atoms with E-state index >= 15 is 0 Å². The summed E-state index contributed by atoms with van der Waals surface area (Å²) in [7, 11) is 3.67. The fraction of sp³-hybridized carbons (Fsp3) is 0.882. The Labute approximate surface area is 118 Å². The summed E-state index contributed by atoms with van der Waals surface area (Å²) in [5.41, 5.74) is 1.88. The molecule has 0 aliphatic heterocycles. The second kappa shape index (κ2) is 5.21. The van der Waals surface area contributed by atoms with E-state index in [0.29, 0.717) is 11.3 Å². The molecule has 2 aliphatic carbocycles. The molecule has 0 spiro atoms. The lowest BCUT2D eigenvalue weighted by Crippen LogP contribution is -2.56. The fourth-order valence-electron chi connectivity index (χ4n) is 4.26. The van der Waals surface area contributed by atoms with E-state index in [1.54, 1.807) is 0 Å². The van der Waals surface area contributed by atoms with Crippen LogP contribution in [0.1, 0.15) is 53.4 Å². The number of methoxy groups -OCH3 is 2. The molecule has 0 amide bonds. The zero-order chi connectivity index (χ0) is 14.3. The summed E-state index contributed by atoms with van der Waals surface area (Å²) in [6, 6.07) is 0. The molecule has 0 N–H and O–H groups in total. The molecule has 0 aromatic rings. The van der Waals surface area contributed by atoms with Crippen molar-refractivity contribution in [3.63, 3.8) is 0 Å². The smallest absolute Gasteiger partial charge is 0.0782 e. The van der Waals surface area contributed by atoms with Crippen molar-refractivity contribution in [2.75, 3.05) is 14.2 Å². The SMILES string of the molecule is COC1C=C(C)CCC2C(CC2(C)C)C(C)(OC)C1. The topological polar surface area (TPSA) is 18.5 Å². The van der Waals surface area contributed by atoms with Crippen LogP contribution >= 0.6 is 0 Å². The average molecular weight is 266 g/mol. The number of ether oxygens (including phenoxy) is 2. The molecule has 2 rings (SSSR count). The highest BCUT2D eigenvalue weighted by atomic mass is 16.5. The lowest BCUT2D eigenvalue weighted by molar-refractivity contribution is -0.167. The minimum atomic E-state index is -0.0536. The Kier molecular flexibility index (Phi) is 4.13. The number of hydrogen-bond acceptors (Lipinski definition) is 2. The summed E-state index contributed by atoms with van der Waals surface area (Å²) in [5.74, 6) is 1.45. The third kappa shape index (κ3) is 2.75. The van der Waals surface area contributed by atoms with Crippen LogP contribution in [0, 0.1) is 17.3 Å². The van der Waals surface area contributed by atoms with Crippen molar-refractivity contribution in [2.45, 2.75) is 65.1 Å². The molecular weight excluding hydrogens is 236 g/mol. The van der Waals surface area contributed by atoms with Crippen LogP contribution in [-0.4, -0.2) is 25.9 Å². The molecule has 0 heterocycles. The Morgan fingerprint density at radius 3 is 2.32 bits per heavy atom. The highest BCUT2D eigenvalue weighted by molar-refractivity contribution is 5.12. The Hall–Kier alpha value is -0.340. The highest BCUT2D eigenvalue weighted by Crippen LogP contribution is 2.58. The Bertz CT molecular complexity index is 358. The van der Waals surface area contributed by atoms with Gasteiger partial charge < -0.3 is 9.47 Å². The van der Waals surface area contributed by atoms with Crippen molar-refractivity contribution >= 4 is 0 Å². The van der Waals surface area contributed by atoms with Crippen LogP contribution in [0.2, 0.25) is 0 Å². The van der Waals surface area contributed by atoms with Gasteiger partial charge in [-0.3, -0.25) is 0 Å². The van der Waals surface area contributed by atoms with E-state index in [0.717, 1.165) is 12.3 Å². The summed E-state index contributed by atoms with van der Waals surface area (Å²) < 4.78 is 11.6. The van der Waals surface area contributed by atoms with Gasteiger partial charge in [0, 0.05) is 20.6 Å². The van der Waals surface area contributed by atoms with E-state index in [1.165, 1.54) is 24.8 Å². The van der Waals surface area contributed by atoms with Gasteiger partial charge in [-0.15, -0.1) is 0 Å². The predicted molar refractivity (Wildman–Crippen MR) is 79.2 cm³/mol. The minimum Gasteiger partial charge on any atom is -0.378 e. The first-order valence-electron chi connectivity index (χ1n) is 7.57. The van der Waals surface area contributed by atoms with Gasteiger partial charge in [0.15, 0.2) is 0 Å². The van der Waals surface area contributed by atoms with Gasteiger partial charge in [0.05, 0.1) is 11.7 Å². The summed E-state index contributed by atoms with van der Waals surface area (Å²) in [4.78, 5) is 0. The second-order valence-electron chi connectivity index (χ2n) is 7.45. The summed E-state index contributed by atoms with van der Waals surface area (Å²) in [6.07, 6.45) is 7.22. The maximum atomic E-state index is 5.96. The number of fused-ring (bicyclic) bond motifs is 1. The van der Waals surface area contributed by atoms with Gasteiger partial charge in [0.1, 0.15) is 0 Å². The van der Waals surface area contributed by atoms with Gasteiger partial charge in [-0.05, 0) is 50.4 Å². The molecule has 19 heavy (non-hydrogen) atoms. The lowest BCUT2D eigenvalue weighted by atomic mass is 9.49. The molecule has 0 bridgehead atoms. The summed E-state index contributed by atoms with van der Waals surface area (Å²) >= 11 is 0. The van der Waals surface area contributed by atoms with Crippen molar-refractivity contribution in [3.8, 4) is 0 Å². The molecule has 2 heteroatoms. The first kappa shape index (κ1) is 15.1. The lowest BCUT2D eigenvalue weighted by Gasteiger charge is -2.58. The summed E-state index contributed by atoms with van der Waals surface area (Å²) in [6.45, 7) is 9.34. The largest absolute Gasteiger partial charge is 0.378 e. The molecule has 0 saturated heterocycles. The van der Waals surface area contributed by atoms with E-state index in [1.807, 2.05) is 14.2 Å². The molecule has 1 fully saturated rings. The van der Waals surface area contributed by atoms with E-state index in [4.69, 9.17) is 9.47 Å². The Morgan fingerprint density at radius 1 is 1.11 bits per heavy atom. The van der Waals surface area contributed by atoms with Crippen LogP contribution in [0.25, 0.3) is 0 Å². The quantitative estimate of drug-likeness (QED) is 0.697. The van der Waals surface area contributed by atoms with E-state index < -0.39 is 0 Å². The van der Waals surface area contributed by atoms with Crippen LogP contribution in [0.5, 0.6) is 0 Å². The van der Waals surface area contributed by atoms with E-state index in [2.05, 4.69) is 33.8 Å². The van der Waals surface area contributed by atoms with Crippen molar-refractivity contribution in [2.24, 2.45) is 17.3 Å². The van der Waals surface area contributed by atoms with Gasteiger partial charge in [-0.25, -0.2) is 0 Å². The molecule has 0 radical (unpaired) electrons. The van der Waals surface area contributed by atoms with Crippen LogP contribution in [0.4, 0.5) is 0 Å². The fourth-order valence-corrected chi connectivity index (χ4v) is 4.26. The maximum Gasteiger partial charge on any atom is 0.0782 e. The first-order valence-corrected chi connectivity index (χ1v) is 7.57. The first-order chi connectivity index (χ1) is 8.82. The number of rotatable bonds is 2. The van der Waals surface area contributed by atoms with E-state index in [-0.39, 0.29) is 11.7 Å². The molecule has 4 atom stereocenters. The zero-order valence-corrected chi connectivity index (χ0v) is 13.5. The number of hydrogen-bond donors (Lipinski definition) is 0. The minimum absolute atomic E-state index is 0.0536. The highest BCUT2D eigenvalue weighted by Gasteiger charge is 2.55. The van der Waals surface area contributed by atoms with Gasteiger partial charge >= 0.3 is 0 Å². The monoisotopic (exact) mass is 266 g/mol. The Morgan fingerprint density at radius 2 is 1.79 bits per heavy atom. The third-order valence-corrected chi connectivity index (χ3v) is 5.72. The second-order valence-corrected chi connectivity index (χ2v) is 7.45. The molecular formula is C17H30O2. The molecule has 0 aromatic carbocycles. The van der Waals surface area contributed by atoms with Crippen molar-refractivity contribution in [1.29, 1.82) is 0 Å². The van der Waals surface area contributed by atoms with Crippen molar-refractivity contribution in [1.82, 2.24) is 0 Å². The van der Waals surface area contributed by atoms with Gasteiger partial charge in [-0.2, -0.15) is 0 Å². The van der Waals surface area contributed by atoms with Gasteiger partial charge in [0.2, 0.25) is 0 Å². The molecule has 0 aromatic heterocycles. The molecule has 4 unspecified atom stereocenters. The molecule has 1 saturated carbocycles. The predicted octanol–water partition coefficient (Wildman–Crippen LogP) is 4.20. The molecule has 110 valence electrons. The van der Waals surface area contributed by atoms with Crippen LogP contribution in [-0.2, 0) is 9.47 Å². The van der Waals surface area contributed by atoms with Crippen LogP contribution in [0.3, 0.4) is 0 Å². The third-order valence-electron chi connectivity index (χ3n) is 5.72. The molecule has 2 aliphatic rings. The van der Waals surface area contributed by atoms with Gasteiger partial charge in [-0.1, -0.05) is 25.5 Å². The standard InChI is InChI=1S/C17H30O2/c1-12-7-8-14-15(11-16(14,2)3)17(4,19-6)10-13(9-12)18-5/h9,13-15H,7-8,10-11H2,1-6H3. The maximum absolute atomic E-state index is 5.96. The van der Waals surface area contributed by atoms with Crippen LogP contribution < -0.4 is 0 Å². The normalized spacial score (nSPS) is 42.2. The number of allylic oxidation sites excluding steroid dienone is 1.